The summed E-state index contributed by atoms with van der Waals surface area (Å²) in [4.78, 5) is 4.11. The molecule has 3 rings (SSSR count). The lowest BCUT2D eigenvalue weighted by Gasteiger charge is -2.22. The van der Waals surface area contributed by atoms with Crippen LogP contribution in [0.5, 0.6) is 5.75 Å². The van der Waals surface area contributed by atoms with Crippen LogP contribution < -0.4 is 4.74 Å². The molecular formula is C15H17NO3. The van der Waals surface area contributed by atoms with Gasteiger partial charge < -0.3 is 13.9 Å². The van der Waals surface area contributed by atoms with Crippen molar-refractivity contribution in [1.82, 2.24) is 4.98 Å². The van der Waals surface area contributed by atoms with Crippen LogP contribution in [0.15, 0.2) is 41.3 Å². The topological polar surface area (TPSA) is 44.5 Å². The first-order valence-corrected chi connectivity index (χ1v) is 6.65. The largest absolute Gasteiger partial charge is 0.491 e. The molecule has 1 fully saturated rings. The first-order valence-electron chi connectivity index (χ1n) is 6.65. The average Bonchev–Trinajstić information content (AvgIpc) is 3.01. The molecule has 19 heavy (non-hydrogen) atoms. The first kappa shape index (κ1) is 12.2. The molecule has 0 spiro atoms. The molecule has 0 saturated carbocycles. The molecule has 0 N–H and O–H groups in total. The molecule has 2 aromatic rings. The quantitative estimate of drug-likeness (QED) is 0.845. The molecule has 1 aliphatic rings. The molecule has 0 amide bonds. The average molecular weight is 259 g/mol. The summed E-state index contributed by atoms with van der Waals surface area (Å²) in [6.07, 6.45) is 6.80. The van der Waals surface area contributed by atoms with E-state index in [0.717, 1.165) is 30.0 Å². The second-order valence-corrected chi connectivity index (χ2v) is 4.70. The molecule has 0 bridgehead atoms. The van der Waals surface area contributed by atoms with Gasteiger partial charge in [0.05, 0.1) is 6.10 Å². The third kappa shape index (κ3) is 3.15. The summed E-state index contributed by atoms with van der Waals surface area (Å²) in [6.45, 7) is 1.49. The van der Waals surface area contributed by atoms with Crippen molar-refractivity contribution < 1.29 is 13.9 Å². The first-order chi connectivity index (χ1) is 9.42. The molecule has 4 nitrogen and oxygen atoms in total. The molecule has 1 unspecified atom stereocenters. The minimum absolute atomic E-state index is 0.240. The molecule has 1 aromatic heterocycles. The summed E-state index contributed by atoms with van der Waals surface area (Å²) >= 11 is 0. The Morgan fingerprint density at radius 3 is 2.79 bits per heavy atom. The van der Waals surface area contributed by atoms with Crippen molar-refractivity contribution in [1.29, 1.82) is 0 Å². The maximum atomic E-state index is 5.75. The Kier molecular flexibility index (Phi) is 3.79. The zero-order valence-corrected chi connectivity index (χ0v) is 10.7. The van der Waals surface area contributed by atoms with Gasteiger partial charge in [0.2, 0.25) is 0 Å². The molecule has 4 heteroatoms. The van der Waals surface area contributed by atoms with Crippen molar-refractivity contribution in [3.63, 3.8) is 0 Å². The molecule has 0 aliphatic carbocycles. The van der Waals surface area contributed by atoms with Crippen LogP contribution in [0.2, 0.25) is 0 Å². The van der Waals surface area contributed by atoms with E-state index in [-0.39, 0.29) is 6.10 Å². The smallest absolute Gasteiger partial charge is 0.181 e. The van der Waals surface area contributed by atoms with E-state index in [0.29, 0.717) is 6.61 Å². The van der Waals surface area contributed by atoms with E-state index in [1.807, 2.05) is 24.3 Å². The van der Waals surface area contributed by atoms with Crippen LogP contribution in [0.3, 0.4) is 0 Å². The number of aromatic nitrogens is 1. The van der Waals surface area contributed by atoms with Gasteiger partial charge in [-0.25, -0.2) is 4.98 Å². The van der Waals surface area contributed by atoms with E-state index in [1.54, 1.807) is 6.26 Å². The number of hydrogen-bond donors (Lipinski definition) is 0. The van der Waals surface area contributed by atoms with E-state index in [2.05, 4.69) is 4.98 Å². The lowest BCUT2D eigenvalue weighted by atomic mass is 10.1. The summed E-state index contributed by atoms with van der Waals surface area (Å²) in [5, 5.41) is 0. The maximum Gasteiger partial charge on any atom is 0.181 e. The van der Waals surface area contributed by atoms with Gasteiger partial charge in [-0.1, -0.05) is 0 Å². The van der Waals surface area contributed by atoms with Gasteiger partial charge in [-0.05, 0) is 43.5 Å². The van der Waals surface area contributed by atoms with E-state index >= 15 is 0 Å². The van der Waals surface area contributed by atoms with Gasteiger partial charge in [0.15, 0.2) is 6.39 Å². The lowest BCUT2D eigenvalue weighted by molar-refractivity contribution is -0.0110. The molecule has 2 heterocycles. The van der Waals surface area contributed by atoms with Crippen molar-refractivity contribution in [2.24, 2.45) is 0 Å². The second-order valence-electron chi connectivity index (χ2n) is 4.70. The Balaban J connectivity index is 1.57. The van der Waals surface area contributed by atoms with E-state index in [9.17, 15) is 0 Å². The van der Waals surface area contributed by atoms with Crippen LogP contribution in [0.4, 0.5) is 0 Å². The normalized spacial score (nSPS) is 19.3. The van der Waals surface area contributed by atoms with Crippen LogP contribution in [0.25, 0.3) is 11.3 Å². The highest BCUT2D eigenvalue weighted by Crippen LogP contribution is 2.21. The van der Waals surface area contributed by atoms with Crippen LogP contribution in [0, 0.1) is 0 Å². The highest BCUT2D eigenvalue weighted by Gasteiger charge is 2.14. The zero-order valence-electron chi connectivity index (χ0n) is 10.7. The van der Waals surface area contributed by atoms with Gasteiger partial charge in [0.1, 0.15) is 24.3 Å². The number of ether oxygens (including phenoxy) is 2. The summed E-state index contributed by atoms with van der Waals surface area (Å²) in [5.41, 5.74) is 1.86. The zero-order chi connectivity index (χ0) is 12.9. The SMILES string of the molecule is c1nc(-c2ccc(OCC3CCCCO3)cc2)co1. The Morgan fingerprint density at radius 2 is 2.11 bits per heavy atom. The van der Waals surface area contributed by atoms with Crippen molar-refractivity contribution >= 4 is 0 Å². The second kappa shape index (κ2) is 5.89. The molecular weight excluding hydrogens is 242 g/mol. The summed E-state index contributed by atoms with van der Waals surface area (Å²) in [7, 11) is 0. The number of hydrogen-bond acceptors (Lipinski definition) is 4. The van der Waals surface area contributed by atoms with Gasteiger partial charge in [0.25, 0.3) is 0 Å². The monoisotopic (exact) mass is 259 g/mol. The number of rotatable bonds is 4. The van der Waals surface area contributed by atoms with Crippen molar-refractivity contribution in [2.75, 3.05) is 13.2 Å². The third-order valence-corrected chi connectivity index (χ3v) is 3.29. The van der Waals surface area contributed by atoms with Crippen molar-refractivity contribution in [3.8, 4) is 17.0 Å². The molecule has 1 atom stereocenters. The van der Waals surface area contributed by atoms with Gasteiger partial charge >= 0.3 is 0 Å². The fourth-order valence-corrected chi connectivity index (χ4v) is 2.21. The fourth-order valence-electron chi connectivity index (χ4n) is 2.21. The van der Waals surface area contributed by atoms with Crippen molar-refractivity contribution in [3.05, 3.63) is 36.9 Å². The highest BCUT2D eigenvalue weighted by molar-refractivity contribution is 5.58. The number of nitrogens with zero attached hydrogens (tertiary/aromatic N) is 1. The predicted molar refractivity (Wildman–Crippen MR) is 71.0 cm³/mol. The molecule has 0 radical (unpaired) electrons. The molecule has 100 valence electrons. The van der Waals surface area contributed by atoms with Crippen LogP contribution in [0.1, 0.15) is 19.3 Å². The predicted octanol–water partition coefficient (Wildman–Crippen LogP) is 3.29. The summed E-state index contributed by atoms with van der Waals surface area (Å²) < 4.78 is 16.4. The summed E-state index contributed by atoms with van der Waals surface area (Å²) in [6, 6.07) is 7.86. The van der Waals surface area contributed by atoms with Gasteiger partial charge in [-0.3, -0.25) is 0 Å². The Hall–Kier alpha value is -1.81. The Labute approximate surface area is 112 Å². The van der Waals surface area contributed by atoms with Crippen molar-refractivity contribution in [2.45, 2.75) is 25.4 Å². The highest BCUT2D eigenvalue weighted by atomic mass is 16.5. The van der Waals surface area contributed by atoms with Crippen LogP contribution in [-0.2, 0) is 4.74 Å². The van der Waals surface area contributed by atoms with Gasteiger partial charge in [-0.2, -0.15) is 0 Å². The standard InChI is InChI=1S/C15H17NO3/c1-2-8-18-14(3-1)9-19-13-6-4-12(5-7-13)15-10-17-11-16-15/h4-7,10-11,14H,1-3,8-9H2. The van der Waals surface area contributed by atoms with E-state index in [1.165, 1.54) is 19.2 Å². The lowest BCUT2D eigenvalue weighted by Crippen LogP contribution is -2.25. The maximum absolute atomic E-state index is 5.75. The molecule has 1 aliphatic heterocycles. The van der Waals surface area contributed by atoms with Gasteiger partial charge in [0, 0.05) is 12.2 Å². The summed E-state index contributed by atoms with van der Waals surface area (Å²) in [5.74, 6) is 0.862. The minimum Gasteiger partial charge on any atom is -0.491 e. The van der Waals surface area contributed by atoms with Crippen LogP contribution in [-0.4, -0.2) is 24.3 Å². The minimum atomic E-state index is 0.240. The third-order valence-electron chi connectivity index (χ3n) is 3.29. The number of oxazole rings is 1. The van der Waals surface area contributed by atoms with E-state index < -0.39 is 0 Å². The Morgan fingerprint density at radius 1 is 1.21 bits per heavy atom. The Bertz CT molecular complexity index is 487. The van der Waals surface area contributed by atoms with E-state index in [4.69, 9.17) is 13.9 Å². The van der Waals surface area contributed by atoms with Gasteiger partial charge in [-0.15, -0.1) is 0 Å². The van der Waals surface area contributed by atoms with Crippen LogP contribution >= 0.6 is 0 Å². The molecule has 1 aromatic carbocycles. The number of benzene rings is 1. The fraction of sp³-hybridized carbons (Fsp3) is 0.400. The molecule has 1 saturated heterocycles.